The summed E-state index contributed by atoms with van der Waals surface area (Å²) in [6.07, 6.45) is 10.9. The molecule has 4 fully saturated rings. The van der Waals surface area contributed by atoms with Crippen LogP contribution in [-0.2, 0) is 4.79 Å². The Morgan fingerprint density at radius 3 is 2.43 bits per heavy atom. The molecule has 0 radical (unpaired) electrons. The van der Waals surface area contributed by atoms with Gasteiger partial charge in [-0.1, -0.05) is 0 Å². The van der Waals surface area contributed by atoms with Crippen LogP contribution in [0.2, 0.25) is 0 Å². The van der Waals surface area contributed by atoms with Crippen molar-refractivity contribution in [2.45, 2.75) is 57.9 Å². The van der Waals surface area contributed by atoms with Gasteiger partial charge in [0.1, 0.15) is 0 Å². The zero-order chi connectivity index (χ0) is 14.4. The zero-order valence-electron chi connectivity index (χ0n) is 12.9. The van der Waals surface area contributed by atoms with Gasteiger partial charge in [-0.15, -0.1) is 0 Å². The number of rotatable bonds is 4. The van der Waals surface area contributed by atoms with Gasteiger partial charge in [-0.3, -0.25) is 4.79 Å². The fourth-order valence-corrected chi connectivity index (χ4v) is 5.83. The molecule has 1 unspecified atom stereocenters. The monoisotopic (exact) mass is 286 g/mol. The van der Waals surface area contributed by atoms with Crippen LogP contribution in [0.1, 0.15) is 63.6 Å². The molecule has 5 rings (SSSR count). The third-order valence-corrected chi connectivity index (χ3v) is 6.17. The predicted molar refractivity (Wildman–Crippen MR) is 82.6 cm³/mol. The van der Waals surface area contributed by atoms with Gasteiger partial charge in [0.2, 0.25) is 5.91 Å². The molecule has 1 aromatic rings. The second kappa shape index (κ2) is 4.89. The minimum Gasteiger partial charge on any atom is -0.363 e. The van der Waals surface area contributed by atoms with E-state index in [1.807, 2.05) is 18.3 Å². The van der Waals surface area contributed by atoms with Crippen molar-refractivity contribution in [3.8, 4) is 0 Å². The fourth-order valence-electron chi connectivity index (χ4n) is 5.83. The number of hydrogen-bond donors (Lipinski definition) is 2. The molecular weight excluding hydrogens is 260 g/mol. The summed E-state index contributed by atoms with van der Waals surface area (Å²) in [4.78, 5) is 15.7. The second-order valence-electron chi connectivity index (χ2n) is 8.01. The molecule has 4 saturated carbocycles. The van der Waals surface area contributed by atoms with Gasteiger partial charge in [0.05, 0.1) is 6.04 Å². The average Bonchev–Trinajstić information content (AvgIpc) is 2.89. The highest BCUT2D eigenvalue weighted by Gasteiger charge is 2.51. The zero-order valence-corrected chi connectivity index (χ0v) is 12.9. The minimum absolute atomic E-state index is 0.0846. The third kappa shape index (κ3) is 2.51. The first kappa shape index (κ1) is 13.4. The van der Waals surface area contributed by atoms with Gasteiger partial charge in [0.25, 0.3) is 0 Å². The van der Waals surface area contributed by atoms with E-state index in [1.165, 1.54) is 38.5 Å². The standard InChI is InChI=1S/C18H26N2O/c1-12(16-3-2-4-19-16)20-17(21)11-18-8-13-5-14(9-18)7-15(6-13)10-18/h2-4,12-15,19H,5-11H2,1H3,(H,20,21). The molecule has 0 saturated heterocycles. The van der Waals surface area contributed by atoms with E-state index in [4.69, 9.17) is 0 Å². The normalized spacial score (nSPS) is 38.4. The Labute approximate surface area is 126 Å². The molecule has 4 aliphatic carbocycles. The molecule has 2 N–H and O–H groups in total. The maximum Gasteiger partial charge on any atom is 0.221 e. The molecule has 0 aromatic carbocycles. The number of hydrogen-bond acceptors (Lipinski definition) is 1. The van der Waals surface area contributed by atoms with Crippen LogP contribution in [0.5, 0.6) is 0 Å². The van der Waals surface area contributed by atoms with E-state index >= 15 is 0 Å². The number of aromatic nitrogens is 1. The molecular formula is C18H26N2O. The summed E-state index contributed by atoms with van der Waals surface area (Å²) in [5.41, 5.74) is 1.43. The van der Waals surface area contributed by atoms with Crippen LogP contribution in [0, 0.1) is 23.2 Å². The van der Waals surface area contributed by atoms with Crippen molar-refractivity contribution in [1.29, 1.82) is 0 Å². The van der Waals surface area contributed by atoms with Crippen molar-refractivity contribution in [1.82, 2.24) is 10.3 Å². The number of amides is 1. The molecule has 3 heteroatoms. The van der Waals surface area contributed by atoms with Crippen LogP contribution >= 0.6 is 0 Å². The molecule has 114 valence electrons. The summed E-state index contributed by atoms with van der Waals surface area (Å²) in [5.74, 6) is 3.01. The van der Waals surface area contributed by atoms with E-state index in [2.05, 4.69) is 17.2 Å². The second-order valence-corrected chi connectivity index (χ2v) is 8.01. The highest BCUT2D eigenvalue weighted by molar-refractivity contribution is 5.77. The quantitative estimate of drug-likeness (QED) is 0.869. The van der Waals surface area contributed by atoms with Crippen molar-refractivity contribution in [2.24, 2.45) is 23.2 Å². The largest absolute Gasteiger partial charge is 0.363 e. The van der Waals surface area contributed by atoms with Gasteiger partial charge >= 0.3 is 0 Å². The van der Waals surface area contributed by atoms with Gasteiger partial charge in [-0.2, -0.15) is 0 Å². The highest BCUT2D eigenvalue weighted by atomic mass is 16.1. The molecule has 1 amide bonds. The van der Waals surface area contributed by atoms with Crippen molar-refractivity contribution < 1.29 is 4.79 Å². The van der Waals surface area contributed by atoms with Crippen LogP contribution < -0.4 is 5.32 Å². The van der Waals surface area contributed by atoms with Gasteiger partial charge in [0, 0.05) is 18.3 Å². The van der Waals surface area contributed by atoms with Crippen molar-refractivity contribution in [3.63, 3.8) is 0 Å². The Balaban J connectivity index is 1.40. The number of carbonyl (C=O) groups is 1. The van der Waals surface area contributed by atoms with Gasteiger partial charge in [0.15, 0.2) is 0 Å². The minimum atomic E-state index is 0.0846. The topological polar surface area (TPSA) is 44.9 Å². The number of H-pyrrole nitrogens is 1. The maximum absolute atomic E-state index is 12.5. The fraction of sp³-hybridized carbons (Fsp3) is 0.722. The summed E-state index contributed by atoms with van der Waals surface area (Å²) >= 11 is 0. The molecule has 3 nitrogen and oxygen atoms in total. The lowest BCUT2D eigenvalue weighted by molar-refractivity contribution is -0.130. The Bertz CT molecular complexity index is 484. The van der Waals surface area contributed by atoms with Crippen molar-refractivity contribution in [2.75, 3.05) is 0 Å². The van der Waals surface area contributed by atoms with E-state index in [1.54, 1.807) is 0 Å². The summed E-state index contributed by atoms with van der Waals surface area (Å²) in [7, 11) is 0. The van der Waals surface area contributed by atoms with Crippen molar-refractivity contribution in [3.05, 3.63) is 24.0 Å². The summed E-state index contributed by atoms with van der Waals surface area (Å²) < 4.78 is 0. The van der Waals surface area contributed by atoms with Gasteiger partial charge < -0.3 is 10.3 Å². The van der Waals surface area contributed by atoms with E-state index in [9.17, 15) is 4.79 Å². The first-order valence-electron chi connectivity index (χ1n) is 8.54. The molecule has 21 heavy (non-hydrogen) atoms. The predicted octanol–water partition coefficient (Wildman–Crippen LogP) is 3.80. The Kier molecular flexibility index (Phi) is 3.13. The number of carbonyl (C=O) groups excluding carboxylic acids is 1. The van der Waals surface area contributed by atoms with E-state index in [0.29, 0.717) is 5.41 Å². The van der Waals surface area contributed by atoms with Crippen molar-refractivity contribution >= 4 is 5.91 Å². The van der Waals surface area contributed by atoms with Crippen LogP contribution in [-0.4, -0.2) is 10.9 Å². The first-order chi connectivity index (χ1) is 10.1. The summed E-state index contributed by atoms with van der Waals surface area (Å²) in [6, 6.07) is 4.11. The molecule has 0 spiro atoms. The number of aromatic amines is 1. The lowest BCUT2D eigenvalue weighted by Crippen LogP contribution is -2.48. The van der Waals surface area contributed by atoms with E-state index < -0.39 is 0 Å². The maximum atomic E-state index is 12.5. The third-order valence-electron chi connectivity index (χ3n) is 6.17. The van der Waals surface area contributed by atoms with Crippen LogP contribution in [0.15, 0.2) is 18.3 Å². The molecule has 4 aliphatic rings. The van der Waals surface area contributed by atoms with Gasteiger partial charge in [-0.05, 0) is 80.8 Å². The summed E-state index contributed by atoms with van der Waals surface area (Å²) in [5, 5.41) is 3.19. The first-order valence-corrected chi connectivity index (χ1v) is 8.54. The van der Waals surface area contributed by atoms with Crippen LogP contribution in [0.25, 0.3) is 0 Å². The number of nitrogens with one attached hydrogen (secondary N) is 2. The molecule has 1 atom stereocenters. The highest BCUT2D eigenvalue weighted by Crippen LogP contribution is 2.61. The molecule has 1 aromatic heterocycles. The SMILES string of the molecule is CC(NC(=O)CC12CC3CC(CC(C3)C1)C2)c1ccc[nH]1. The Hall–Kier alpha value is -1.25. The Morgan fingerprint density at radius 1 is 1.29 bits per heavy atom. The summed E-state index contributed by atoms with van der Waals surface area (Å²) in [6.45, 7) is 2.06. The molecule has 1 heterocycles. The lowest BCUT2D eigenvalue weighted by atomic mass is 9.49. The van der Waals surface area contributed by atoms with Gasteiger partial charge in [-0.25, -0.2) is 0 Å². The lowest BCUT2D eigenvalue weighted by Gasteiger charge is -2.56. The van der Waals surface area contributed by atoms with Crippen LogP contribution in [0.4, 0.5) is 0 Å². The van der Waals surface area contributed by atoms with E-state index in [0.717, 1.165) is 29.9 Å². The molecule has 4 bridgehead atoms. The smallest absolute Gasteiger partial charge is 0.221 e. The van der Waals surface area contributed by atoms with E-state index in [-0.39, 0.29) is 11.9 Å². The average molecular weight is 286 g/mol. The Morgan fingerprint density at radius 2 is 1.90 bits per heavy atom. The van der Waals surface area contributed by atoms with Crippen LogP contribution in [0.3, 0.4) is 0 Å². The molecule has 0 aliphatic heterocycles.